The Morgan fingerprint density at radius 3 is 2.94 bits per heavy atom. The van der Waals surface area contributed by atoms with Crippen LogP contribution in [0, 0.1) is 11.8 Å². The normalized spacial score (nSPS) is 23.7. The summed E-state index contributed by atoms with van der Waals surface area (Å²) < 4.78 is 0. The van der Waals surface area contributed by atoms with Crippen LogP contribution in [-0.2, 0) is 4.79 Å². The van der Waals surface area contributed by atoms with E-state index in [1.165, 1.54) is 0 Å². The number of rotatable bonds is 2. The lowest BCUT2D eigenvalue weighted by Gasteiger charge is -2.28. The van der Waals surface area contributed by atoms with Gasteiger partial charge in [-0.1, -0.05) is 30.1 Å². The molecule has 0 aliphatic carbocycles. The molecule has 1 saturated heterocycles. The second kappa shape index (κ2) is 5.91. The highest BCUT2D eigenvalue weighted by Crippen LogP contribution is 2.27. The minimum absolute atomic E-state index is 0.0215. The molecular weight excluding hydrogens is 271 g/mol. The molecule has 3 nitrogen and oxygen atoms in total. The molecule has 98 valence electrons. The molecule has 18 heavy (non-hydrogen) atoms. The van der Waals surface area contributed by atoms with E-state index in [4.69, 9.17) is 23.2 Å². The van der Waals surface area contributed by atoms with Crippen LogP contribution in [0.15, 0.2) is 18.2 Å². The molecule has 0 spiro atoms. The number of carbonyl (C=O) groups excluding carboxylic acids is 1. The van der Waals surface area contributed by atoms with E-state index in [2.05, 4.69) is 17.6 Å². The van der Waals surface area contributed by atoms with Crippen molar-refractivity contribution in [3.63, 3.8) is 0 Å². The lowest BCUT2D eigenvalue weighted by molar-refractivity contribution is -0.122. The molecule has 2 unspecified atom stereocenters. The van der Waals surface area contributed by atoms with E-state index in [9.17, 15) is 4.79 Å². The topological polar surface area (TPSA) is 41.1 Å². The Hall–Kier alpha value is -0.770. The lowest BCUT2D eigenvalue weighted by Crippen LogP contribution is -2.40. The van der Waals surface area contributed by atoms with Gasteiger partial charge in [0.25, 0.3) is 0 Å². The van der Waals surface area contributed by atoms with Crippen LogP contribution in [0.25, 0.3) is 0 Å². The van der Waals surface area contributed by atoms with Gasteiger partial charge in [-0.2, -0.15) is 0 Å². The molecule has 1 heterocycles. The van der Waals surface area contributed by atoms with Crippen molar-refractivity contribution in [2.24, 2.45) is 11.8 Å². The Morgan fingerprint density at radius 2 is 2.22 bits per heavy atom. The van der Waals surface area contributed by atoms with Gasteiger partial charge in [-0.25, -0.2) is 0 Å². The molecule has 1 amide bonds. The SMILES string of the molecule is CC1CNCCC1C(=O)Nc1cc(Cl)ccc1Cl. The van der Waals surface area contributed by atoms with Crippen molar-refractivity contribution in [1.82, 2.24) is 5.32 Å². The van der Waals surface area contributed by atoms with E-state index in [1.54, 1.807) is 18.2 Å². The number of hydrogen-bond donors (Lipinski definition) is 2. The summed E-state index contributed by atoms with van der Waals surface area (Å²) >= 11 is 11.9. The van der Waals surface area contributed by atoms with E-state index in [-0.39, 0.29) is 11.8 Å². The summed E-state index contributed by atoms with van der Waals surface area (Å²) in [6, 6.07) is 5.06. The summed E-state index contributed by atoms with van der Waals surface area (Å²) in [4.78, 5) is 12.2. The quantitative estimate of drug-likeness (QED) is 0.877. The molecule has 2 atom stereocenters. The molecule has 0 radical (unpaired) electrons. The molecule has 5 heteroatoms. The molecule has 1 fully saturated rings. The molecule has 0 bridgehead atoms. The highest BCUT2D eigenvalue weighted by atomic mass is 35.5. The maximum atomic E-state index is 12.2. The molecule has 1 aromatic carbocycles. The van der Waals surface area contributed by atoms with Crippen LogP contribution in [0.4, 0.5) is 5.69 Å². The summed E-state index contributed by atoms with van der Waals surface area (Å²) in [5.41, 5.74) is 0.583. The van der Waals surface area contributed by atoms with Crippen molar-refractivity contribution >= 4 is 34.8 Å². The molecular formula is C13H16Cl2N2O. The number of anilines is 1. The largest absolute Gasteiger partial charge is 0.324 e. The van der Waals surface area contributed by atoms with Crippen LogP contribution in [0.1, 0.15) is 13.3 Å². The summed E-state index contributed by atoms with van der Waals surface area (Å²) in [6.07, 6.45) is 0.852. The standard InChI is InChI=1S/C13H16Cl2N2O/c1-8-7-16-5-4-10(8)13(18)17-12-6-9(14)2-3-11(12)15/h2-3,6,8,10,16H,4-5,7H2,1H3,(H,17,18). The first kappa shape index (κ1) is 13.7. The van der Waals surface area contributed by atoms with Gasteiger partial charge in [0.1, 0.15) is 0 Å². The maximum absolute atomic E-state index is 12.2. The summed E-state index contributed by atoms with van der Waals surface area (Å²) in [7, 11) is 0. The zero-order chi connectivity index (χ0) is 13.1. The zero-order valence-electron chi connectivity index (χ0n) is 10.2. The van der Waals surface area contributed by atoms with Crippen molar-refractivity contribution in [1.29, 1.82) is 0 Å². The second-order valence-corrected chi connectivity index (χ2v) is 5.53. The van der Waals surface area contributed by atoms with Crippen LogP contribution in [0.5, 0.6) is 0 Å². The van der Waals surface area contributed by atoms with E-state index < -0.39 is 0 Å². The minimum Gasteiger partial charge on any atom is -0.324 e. The Balaban J connectivity index is 2.08. The number of piperidine rings is 1. The Kier molecular flexibility index (Phi) is 4.49. The maximum Gasteiger partial charge on any atom is 0.227 e. The highest BCUT2D eigenvalue weighted by Gasteiger charge is 2.27. The van der Waals surface area contributed by atoms with Crippen molar-refractivity contribution in [2.45, 2.75) is 13.3 Å². The van der Waals surface area contributed by atoms with Crippen LogP contribution in [0.2, 0.25) is 10.0 Å². The monoisotopic (exact) mass is 286 g/mol. The van der Waals surface area contributed by atoms with E-state index in [0.29, 0.717) is 21.7 Å². The van der Waals surface area contributed by atoms with E-state index in [0.717, 1.165) is 19.5 Å². The van der Waals surface area contributed by atoms with Gasteiger partial charge in [0.15, 0.2) is 0 Å². The van der Waals surface area contributed by atoms with Gasteiger partial charge >= 0.3 is 0 Å². The first-order valence-corrected chi connectivity index (χ1v) is 6.80. The number of halogens is 2. The fraction of sp³-hybridized carbons (Fsp3) is 0.462. The van der Waals surface area contributed by atoms with Gasteiger partial charge in [0, 0.05) is 10.9 Å². The molecule has 2 N–H and O–H groups in total. The molecule has 1 aromatic rings. The Bertz CT molecular complexity index is 451. The fourth-order valence-corrected chi connectivity index (χ4v) is 2.56. The fourth-order valence-electron chi connectivity index (χ4n) is 2.22. The lowest BCUT2D eigenvalue weighted by atomic mass is 9.87. The number of carbonyl (C=O) groups is 1. The average Bonchev–Trinajstić information content (AvgIpc) is 2.34. The summed E-state index contributed by atoms with van der Waals surface area (Å²) in [6.45, 7) is 3.84. The number of amides is 1. The van der Waals surface area contributed by atoms with Gasteiger partial charge in [-0.3, -0.25) is 4.79 Å². The van der Waals surface area contributed by atoms with Gasteiger partial charge in [-0.15, -0.1) is 0 Å². The van der Waals surface area contributed by atoms with Gasteiger partial charge in [-0.05, 0) is 43.6 Å². The summed E-state index contributed by atoms with van der Waals surface area (Å²) in [5, 5.41) is 7.22. The predicted octanol–water partition coefficient (Wildman–Crippen LogP) is 3.18. The molecule has 1 aliphatic heterocycles. The molecule has 0 saturated carbocycles. The van der Waals surface area contributed by atoms with Crippen LogP contribution < -0.4 is 10.6 Å². The third-order valence-electron chi connectivity index (χ3n) is 3.31. The van der Waals surface area contributed by atoms with Crippen molar-refractivity contribution < 1.29 is 4.79 Å². The molecule has 1 aliphatic rings. The van der Waals surface area contributed by atoms with Crippen molar-refractivity contribution in [3.05, 3.63) is 28.2 Å². The smallest absolute Gasteiger partial charge is 0.227 e. The van der Waals surface area contributed by atoms with Crippen molar-refractivity contribution in [3.8, 4) is 0 Å². The Labute approximate surface area is 117 Å². The van der Waals surface area contributed by atoms with E-state index in [1.807, 2.05) is 0 Å². The Morgan fingerprint density at radius 1 is 1.44 bits per heavy atom. The van der Waals surface area contributed by atoms with Crippen LogP contribution in [0.3, 0.4) is 0 Å². The summed E-state index contributed by atoms with van der Waals surface area (Å²) in [5.74, 6) is 0.381. The van der Waals surface area contributed by atoms with Gasteiger partial charge in [0.2, 0.25) is 5.91 Å². The highest BCUT2D eigenvalue weighted by molar-refractivity contribution is 6.35. The van der Waals surface area contributed by atoms with Gasteiger partial charge in [0.05, 0.1) is 10.7 Å². The zero-order valence-corrected chi connectivity index (χ0v) is 11.7. The van der Waals surface area contributed by atoms with Gasteiger partial charge < -0.3 is 10.6 Å². The first-order valence-electron chi connectivity index (χ1n) is 6.04. The second-order valence-electron chi connectivity index (χ2n) is 4.69. The number of nitrogens with one attached hydrogen (secondary N) is 2. The van der Waals surface area contributed by atoms with Crippen LogP contribution >= 0.6 is 23.2 Å². The van der Waals surface area contributed by atoms with Crippen molar-refractivity contribution in [2.75, 3.05) is 18.4 Å². The average molecular weight is 287 g/mol. The third-order valence-corrected chi connectivity index (χ3v) is 3.87. The minimum atomic E-state index is 0.0215. The third kappa shape index (κ3) is 3.16. The number of hydrogen-bond acceptors (Lipinski definition) is 2. The first-order chi connectivity index (χ1) is 8.58. The van der Waals surface area contributed by atoms with E-state index >= 15 is 0 Å². The predicted molar refractivity (Wildman–Crippen MR) is 75.2 cm³/mol. The van der Waals surface area contributed by atoms with Crippen LogP contribution in [-0.4, -0.2) is 19.0 Å². The molecule has 0 aromatic heterocycles. The molecule has 2 rings (SSSR count). The number of benzene rings is 1.